The quantitative estimate of drug-likeness (QED) is 0.692. The molecule has 3 rings (SSSR count). The van der Waals surface area contributed by atoms with Crippen LogP contribution in [0.15, 0.2) is 22.5 Å². The van der Waals surface area contributed by atoms with Gasteiger partial charge in [0.1, 0.15) is 0 Å². The first kappa shape index (κ1) is 12.6. The molecule has 1 aromatic carbocycles. The van der Waals surface area contributed by atoms with Crippen molar-refractivity contribution < 1.29 is 4.79 Å². The zero-order valence-electron chi connectivity index (χ0n) is 10.3. The van der Waals surface area contributed by atoms with Gasteiger partial charge in [-0.2, -0.15) is 0 Å². The molecule has 0 saturated heterocycles. The number of fused-ring (bicyclic) bond motifs is 1. The van der Waals surface area contributed by atoms with E-state index in [1.807, 2.05) is 12.1 Å². The number of aromatic nitrogens is 2. The lowest BCUT2D eigenvalue weighted by molar-refractivity contribution is 0.102. The lowest BCUT2D eigenvalue weighted by Crippen LogP contribution is -2.03. The van der Waals surface area contributed by atoms with Crippen molar-refractivity contribution in [2.75, 3.05) is 11.5 Å². The third kappa shape index (κ3) is 2.79. The lowest BCUT2D eigenvalue weighted by Gasteiger charge is -2.03. The summed E-state index contributed by atoms with van der Waals surface area (Å²) in [6, 6.07) is 6.06. The summed E-state index contributed by atoms with van der Waals surface area (Å²) in [5.74, 6) is 0.515. The molecule has 1 heterocycles. The number of benzene rings is 1. The molecule has 0 aliphatic heterocycles. The zero-order valence-corrected chi connectivity index (χ0v) is 11.9. The lowest BCUT2D eigenvalue weighted by atomic mass is 10.0. The van der Waals surface area contributed by atoms with Crippen molar-refractivity contribution in [3.8, 4) is 0 Å². The summed E-state index contributed by atoms with van der Waals surface area (Å²) in [4.78, 5) is 12.1. The Hall–Kier alpha value is -1.40. The van der Waals surface area contributed by atoms with Crippen LogP contribution in [0, 0.1) is 0 Å². The Kier molecular flexibility index (Phi) is 3.52. The Balaban J connectivity index is 1.67. The van der Waals surface area contributed by atoms with Crippen molar-refractivity contribution in [3.63, 3.8) is 0 Å². The van der Waals surface area contributed by atoms with Crippen LogP contribution in [0.25, 0.3) is 0 Å². The minimum atomic E-state index is 0.133. The monoisotopic (exact) mass is 291 g/mol. The van der Waals surface area contributed by atoms with E-state index in [4.69, 9.17) is 5.73 Å². The Bertz CT molecular complexity index is 624. The Labute approximate surface area is 119 Å². The van der Waals surface area contributed by atoms with E-state index in [-0.39, 0.29) is 5.78 Å². The average molecular weight is 291 g/mol. The van der Waals surface area contributed by atoms with Gasteiger partial charge in [0.15, 0.2) is 10.1 Å². The molecule has 1 aliphatic carbocycles. The van der Waals surface area contributed by atoms with Crippen LogP contribution in [0.4, 0.5) is 5.13 Å². The molecular formula is C13H13N3OS2. The molecule has 2 aromatic rings. The van der Waals surface area contributed by atoms with E-state index in [0.717, 1.165) is 22.7 Å². The Morgan fingerprint density at radius 1 is 1.32 bits per heavy atom. The largest absolute Gasteiger partial charge is 0.374 e. The fourth-order valence-electron chi connectivity index (χ4n) is 2.23. The predicted molar refractivity (Wildman–Crippen MR) is 77.8 cm³/mol. The molecular weight excluding hydrogens is 278 g/mol. The van der Waals surface area contributed by atoms with Crippen LogP contribution in [0.3, 0.4) is 0 Å². The highest BCUT2D eigenvalue weighted by Gasteiger charge is 2.14. The first-order chi connectivity index (χ1) is 9.22. The molecule has 98 valence electrons. The van der Waals surface area contributed by atoms with Gasteiger partial charge < -0.3 is 5.73 Å². The smallest absolute Gasteiger partial charge is 0.203 e. The Morgan fingerprint density at radius 2 is 2.16 bits per heavy atom. The highest BCUT2D eigenvalue weighted by atomic mass is 32.2. The van der Waals surface area contributed by atoms with Crippen LogP contribution in [0.2, 0.25) is 0 Å². The van der Waals surface area contributed by atoms with Gasteiger partial charge in [0.2, 0.25) is 5.13 Å². The maximum atomic E-state index is 12.1. The van der Waals surface area contributed by atoms with Gasteiger partial charge in [-0.3, -0.25) is 4.79 Å². The molecule has 0 bridgehead atoms. The van der Waals surface area contributed by atoms with Gasteiger partial charge in [0.05, 0.1) is 5.75 Å². The molecule has 0 amide bonds. The van der Waals surface area contributed by atoms with E-state index in [1.165, 1.54) is 40.6 Å². The predicted octanol–water partition coefficient (Wildman–Crippen LogP) is 2.58. The van der Waals surface area contributed by atoms with Gasteiger partial charge in [0.25, 0.3) is 0 Å². The molecule has 6 heteroatoms. The van der Waals surface area contributed by atoms with Crippen LogP contribution in [0.5, 0.6) is 0 Å². The highest BCUT2D eigenvalue weighted by molar-refractivity contribution is 8.01. The summed E-state index contributed by atoms with van der Waals surface area (Å²) in [7, 11) is 0. The molecule has 0 spiro atoms. The van der Waals surface area contributed by atoms with Gasteiger partial charge in [-0.15, -0.1) is 10.2 Å². The third-order valence-corrected chi connectivity index (χ3v) is 5.06. The number of nitrogen functional groups attached to an aromatic ring is 1. The standard InChI is InChI=1S/C13H13N3OS2/c14-12-15-16-13(19-12)18-7-11(17)10-5-4-8-2-1-3-9(8)6-10/h4-6H,1-3,7H2,(H2,14,15). The number of ketones is 1. The van der Waals surface area contributed by atoms with Crippen molar-refractivity contribution >= 4 is 34.0 Å². The minimum Gasteiger partial charge on any atom is -0.374 e. The van der Waals surface area contributed by atoms with E-state index in [9.17, 15) is 4.79 Å². The van der Waals surface area contributed by atoms with Crippen molar-refractivity contribution in [1.82, 2.24) is 10.2 Å². The first-order valence-corrected chi connectivity index (χ1v) is 7.89. The second-order valence-corrected chi connectivity index (χ2v) is 6.69. The molecule has 1 aromatic heterocycles. The van der Waals surface area contributed by atoms with Crippen LogP contribution in [-0.2, 0) is 12.8 Å². The van der Waals surface area contributed by atoms with Crippen LogP contribution in [-0.4, -0.2) is 21.7 Å². The average Bonchev–Trinajstić information content (AvgIpc) is 3.03. The summed E-state index contributed by atoms with van der Waals surface area (Å²) >= 11 is 2.70. The van der Waals surface area contributed by atoms with E-state index in [2.05, 4.69) is 16.3 Å². The first-order valence-electron chi connectivity index (χ1n) is 6.09. The fraction of sp³-hybridized carbons (Fsp3) is 0.308. The summed E-state index contributed by atoms with van der Waals surface area (Å²) in [5.41, 5.74) is 9.02. The highest BCUT2D eigenvalue weighted by Crippen LogP contribution is 2.26. The van der Waals surface area contributed by atoms with Gasteiger partial charge in [0, 0.05) is 5.56 Å². The van der Waals surface area contributed by atoms with Crippen molar-refractivity contribution in [2.24, 2.45) is 0 Å². The Morgan fingerprint density at radius 3 is 2.95 bits per heavy atom. The number of carbonyl (C=O) groups excluding carboxylic acids is 1. The van der Waals surface area contributed by atoms with Gasteiger partial charge >= 0.3 is 0 Å². The number of hydrogen-bond donors (Lipinski definition) is 1. The molecule has 2 N–H and O–H groups in total. The fourth-order valence-corrected chi connectivity index (χ4v) is 3.77. The number of Topliss-reactive ketones (excluding diaryl/α,β-unsaturated/α-hetero) is 1. The van der Waals surface area contributed by atoms with Crippen LogP contribution in [0.1, 0.15) is 27.9 Å². The number of nitrogens with zero attached hydrogens (tertiary/aromatic N) is 2. The number of aryl methyl sites for hydroxylation is 2. The van der Waals surface area contributed by atoms with Crippen LogP contribution >= 0.6 is 23.1 Å². The third-order valence-electron chi connectivity index (χ3n) is 3.17. The number of thioether (sulfide) groups is 1. The number of rotatable bonds is 4. The van der Waals surface area contributed by atoms with Gasteiger partial charge in [-0.25, -0.2) is 0 Å². The summed E-state index contributed by atoms with van der Waals surface area (Å²) in [5, 5.41) is 8.06. The molecule has 1 aliphatic rings. The molecule has 19 heavy (non-hydrogen) atoms. The SMILES string of the molecule is Nc1nnc(SCC(=O)c2ccc3c(c2)CCC3)s1. The van der Waals surface area contributed by atoms with E-state index >= 15 is 0 Å². The van der Waals surface area contributed by atoms with E-state index in [1.54, 1.807) is 0 Å². The second-order valence-electron chi connectivity index (χ2n) is 4.46. The summed E-state index contributed by atoms with van der Waals surface area (Å²) < 4.78 is 0.743. The number of carbonyl (C=O) groups is 1. The van der Waals surface area contributed by atoms with Crippen molar-refractivity contribution in [3.05, 3.63) is 34.9 Å². The van der Waals surface area contributed by atoms with Gasteiger partial charge in [-0.05, 0) is 36.5 Å². The zero-order chi connectivity index (χ0) is 13.2. The number of hydrogen-bond acceptors (Lipinski definition) is 6. The van der Waals surface area contributed by atoms with Crippen molar-refractivity contribution in [2.45, 2.75) is 23.6 Å². The summed E-state index contributed by atoms with van der Waals surface area (Å²) in [6.07, 6.45) is 3.44. The molecule has 0 unspecified atom stereocenters. The normalized spacial score (nSPS) is 13.5. The second kappa shape index (κ2) is 5.30. The van der Waals surface area contributed by atoms with Crippen molar-refractivity contribution in [1.29, 1.82) is 0 Å². The molecule has 0 saturated carbocycles. The topological polar surface area (TPSA) is 68.9 Å². The minimum absolute atomic E-state index is 0.133. The van der Waals surface area contributed by atoms with E-state index < -0.39 is 0 Å². The molecule has 4 nitrogen and oxygen atoms in total. The summed E-state index contributed by atoms with van der Waals surface area (Å²) in [6.45, 7) is 0. The van der Waals surface area contributed by atoms with Crippen LogP contribution < -0.4 is 5.73 Å². The van der Waals surface area contributed by atoms with E-state index in [0.29, 0.717) is 10.9 Å². The number of nitrogens with two attached hydrogens (primary N) is 1. The maximum Gasteiger partial charge on any atom is 0.203 e. The molecule has 0 radical (unpaired) electrons. The molecule has 0 fully saturated rings. The van der Waals surface area contributed by atoms with Gasteiger partial charge in [-0.1, -0.05) is 35.2 Å². The maximum absolute atomic E-state index is 12.1. The molecule has 0 atom stereocenters. The number of anilines is 1.